The highest BCUT2D eigenvalue weighted by atomic mass is 16.2. The summed E-state index contributed by atoms with van der Waals surface area (Å²) in [4.78, 5) is 23.8. The molecule has 1 fully saturated rings. The fourth-order valence-corrected chi connectivity index (χ4v) is 1.22. The number of carbonyl (C=O) groups is 2. The van der Waals surface area contributed by atoms with E-state index in [4.69, 9.17) is 5.26 Å². The molecule has 1 unspecified atom stereocenters. The van der Waals surface area contributed by atoms with Gasteiger partial charge in [-0.05, 0) is 20.8 Å². The van der Waals surface area contributed by atoms with Crippen LogP contribution < -0.4 is 5.32 Å². The van der Waals surface area contributed by atoms with Crippen LogP contribution in [0.15, 0.2) is 0 Å². The fourth-order valence-electron chi connectivity index (χ4n) is 1.22. The molecule has 5 nitrogen and oxygen atoms in total. The first-order valence-corrected chi connectivity index (χ1v) is 4.82. The van der Waals surface area contributed by atoms with Gasteiger partial charge >= 0.3 is 0 Å². The van der Waals surface area contributed by atoms with E-state index in [0.29, 0.717) is 0 Å². The minimum absolute atomic E-state index is 0.0723. The molecular weight excluding hydrogens is 194 g/mol. The Bertz CT molecular complexity index is 325. The molecule has 82 valence electrons. The zero-order valence-corrected chi connectivity index (χ0v) is 9.20. The Kier molecular flexibility index (Phi) is 3.10. The van der Waals surface area contributed by atoms with E-state index in [1.54, 1.807) is 0 Å². The van der Waals surface area contributed by atoms with Gasteiger partial charge in [-0.2, -0.15) is 5.26 Å². The second-order valence-corrected chi connectivity index (χ2v) is 4.62. The average molecular weight is 209 g/mol. The number of ketones is 1. The van der Waals surface area contributed by atoms with Crippen molar-refractivity contribution in [2.75, 3.05) is 13.1 Å². The molecule has 1 atom stereocenters. The molecule has 0 radical (unpaired) electrons. The van der Waals surface area contributed by atoms with E-state index < -0.39 is 6.04 Å². The van der Waals surface area contributed by atoms with Gasteiger partial charge in [-0.3, -0.25) is 9.59 Å². The number of rotatable bonds is 2. The summed E-state index contributed by atoms with van der Waals surface area (Å²) < 4.78 is 0. The second-order valence-electron chi connectivity index (χ2n) is 4.62. The predicted octanol–water partition coefficient (Wildman–Crippen LogP) is -0.322. The topological polar surface area (TPSA) is 73.2 Å². The zero-order chi connectivity index (χ0) is 11.6. The van der Waals surface area contributed by atoms with Crippen LogP contribution in [0.5, 0.6) is 0 Å². The smallest absolute Gasteiger partial charge is 0.238 e. The van der Waals surface area contributed by atoms with Gasteiger partial charge in [-0.25, -0.2) is 0 Å². The van der Waals surface area contributed by atoms with E-state index in [9.17, 15) is 9.59 Å². The number of hydrogen-bond acceptors (Lipinski definition) is 4. The molecule has 0 saturated carbocycles. The average Bonchev–Trinajstić information content (AvgIpc) is 2.09. The van der Waals surface area contributed by atoms with Crippen molar-refractivity contribution < 1.29 is 9.59 Å². The van der Waals surface area contributed by atoms with E-state index in [0.717, 1.165) is 0 Å². The number of hydrogen-bond donors (Lipinski definition) is 1. The van der Waals surface area contributed by atoms with Crippen LogP contribution in [-0.2, 0) is 9.59 Å². The van der Waals surface area contributed by atoms with Crippen molar-refractivity contribution in [1.82, 2.24) is 10.2 Å². The highest BCUT2D eigenvalue weighted by Gasteiger charge is 2.40. The molecule has 1 N–H and O–H groups in total. The van der Waals surface area contributed by atoms with Crippen LogP contribution in [0.4, 0.5) is 0 Å². The van der Waals surface area contributed by atoms with Crippen molar-refractivity contribution in [3.05, 3.63) is 0 Å². The monoisotopic (exact) mass is 209 g/mol. The number of nitrogens with zero attached hydrogens (tertiary/aromatic N) is 2. The van der Waals surface area contributed by atoms with Crippen molar-refractivity contribution in [2.45, 2.75) is 32.4 Å². The van der Waals surface area contributed by atoms with E-state index in [2.05, 4.69) is 5.32 Å². The van der Waals surface area contributed by atoms with E-state index >= 15 is 0 Å². The molecule has 1 amide bonds. The maximum absolute atomic E-state index is 11.5. The lowest BCUT2D eigenvalue weighted by atomic mass is 10.0. The largest absolute Gasteiger partial charge is 0.311 e. The van der Waals surface area contributed by atoms with Crippen molar-refractivity contribution in [1.29, 1.82) is 5.26 Å². The fraction of sp³-hybridized carbons (Fsp3) is 0.700. The molecule has 5 heteroatoms. The molecule has 0 bridgehead atoms. The Morgan fingerprint density at radius 2 is 2.27 bits per heavy atom. The number of nitrogens with one attached hydrogen (secondary N) is 1. The Hall–Kier alpha value is -1.41. The van der Waals surface area contributed by atoms with Gasteiger partial charge in [0.25, 0.3) is 0 Å². The quantitative estimate of drug-likeness (QED) is 0.676. The normalized spacial score (nSPS) is 20.8. The van der Waals surface area contributed by atoms with Crippen LogP contribution in [0.2, 0.25) is 0 Å². The Labute approximate surface area is 89.0 Å². The number of amides is 1. The summed E-state index contributed by atoms with van der Waals surface area (Å²) in [5.74, 6) is -0.377. The second kappa shape index (κ2) is 3.99. The minimum Gasteiger partial charge on any atom is -0.311 e. The number of likely N-dealkylation sites (tertiary alicyclic amines) is 1. The lowest BCUT2D eigenvalue weighted by molar-refractivity contribution is -0.148. The standard InChI is InChI=1S/C10H15N3O2/c1-10(2,3)12-5-9(15)13-6-8(14)7(13)4-11/h7,12H,5-6H2,1-3H3. The lowest BCUT2D eigenvalue weighted by Crippen LogP contribution is -2.61. The summed E-state index contributed by atoms with van der Waals surface area (Å²) in [7, 11) is 0. The van der Waals surface area contributed by atoms with Crippen LogP contribution >= 0.6 is 0 Å². The minimum atomic E-state index is -0.862. The first-order chi connectivity index (χ1) is 6.85. The maximum atomic E-state index is 11.5. The Morgan fingerprint density at radius 1 is 1.67 bits per heavy atom. The predicted molar refractivity (Wildman–Crippen MR) is 53.9 cm³/mol. The SMILES string of the molecule is CC(C)(C)NCC(=O)N1CC(=O)C1C#N. The van der Waals surface area contributed by atoms with Gasteiger partial charge in [0.1, 0.15) is 0 Å². The number of Topliss-reactive ketones (excluding diaryl/α,β-unsaturated/α-hetero) is 1. The first-order valence-electron chi connectivity index (χ1n) is 4.82. The van der Waals surface area contributed by atoms with Gasteiger partial charge in [0.15, 0.2) is 11.8 Å². The zero-order valence-electron chi connectivity index (χ0n) is 9.20. The van der Waals surface area contributed by atoms with Gasteiger partial charge in [0.05, 0.1) is 19.2 Å². The highest BCUT2D eigenvalue weighted by molar-refractivity contribution is 6.01. The maximum Gasteiger partial charge on any atom is 0.238 e. The Balaban J connectivity index is 2.43. The van der Waals surface area contributed by atoms with Crippen molar-refractivity contribution in [2.24, 2.45) is 0 Å². The van der Waals surface area contributed by atoms with Gasteiger partial charge in [-0.15, -0.1) is 0 Å². The van der Waals surface area contributed by atoms with Crippen molar-refractivity contribution in [3.63, 3.8) is 0 Å². The molecule has 1 aliphatic heterocycles. The molecule has 0 aromatic rings. The van der Waals surface area contributed by atoms with Crippen LogP contribution in [0.1, 0.15) is 20.8 Å². The molecule has 0 aromatic heterocycles. The van der Waals surface area contributed by atoms with Gasteiger partial charge in [-0.1, -0.05) is 0 Å². The van der Waals surface area contributed by atoms with E-state index in [1.165, 1.54) is 4.90 Å². The van der Waals surface area contributed by atoms with E-state index in [1.807, 2.05) is 26.8 Å². The molecule has 1 heterocycles. The van der Waals surface area contributed by atoms with Crippen LogP contribution in [-0.4, -0.2) is 41.3 Å². The molecule has 1 rings (SSSR count). The molecule has 0 aliphatic carbocycles. The molecular formula is C10H15N3O2. The van der Waals surface area contributed by atoms with Crippen LogP contribution in [0, 0.1) is 11.3 Å². The van der Waals surface area contributed by atoms with E-state index in [-0.39, 0.29) is 30.3 Å². The molecule has 1 saturated heterocycles. The highest BCUT2D eigenvalue weighted by Crippen LogP contribution is 2.12. The molecule has 15 heavy (non-hydrogen) atoms. The summed E-state index contributed by atoms with van der Waals surface area (Å²) in [6, 6.07) is 0.945. The molecule has 0 aromatic carbocycles. The number of nitriles is 1. The van der Waals surface area contributed by atoms with Crippen molar-refractivity contribution >= 4 is 11.7 Å². The summed E-state index contributed by atoms with van der Waals surface area (Å²) in [6.07, 6.45) is 0. The number of carbonyl (C=O) groups excluding carboxylic acids is 2. The van der Waals surface area contributed by atoms with Crippen molar-refractivity contribution in [3.8, 4) is 6.07 Å². The Morgan fingerprint density at radius 3 is 2.67 bits per heavy atom. The van der Waals surface area contributed by atoms with Crippen LogP contribution in [0.25, 0.3) is 0 Å². The molecule has 0 spiro atoms. The lowest BCUT2D eigenvalue weighted by Gasteiger charge is -2.35. The third-order valence-corrected chi connectivity index (χ3v) is 2.16. The van der Waals surface area contributed by atoms with Crippen LogP contribution in [0.3, 0.4) is 0 Å². The van der Waals surface area contributed by atoms with Gasteiger partial charge < -0.3 is 10.2 Å². The third-order valence-electron chi connectivity index (χ3n) is 2.16. The third kappa shape index (κ3) is 2.77. The molecule has 1 aliphatic rings. The van der Waals surface area contributed by atoms with Gasteiger partial charge in [0.2, 0.25) is 5.91 Å². The summed E-state index contributed by atoms with van der Waals surface area (Å²) in [6.45, 7) is 6.08. The van der Waals surface area contributed by atoms with Gasteiger partial charge in [0, 0.05) is 5.54 Å². The summed E-state index contributed by atoms with van der Waals surface area (Å²) in [5.41, 5.74) is -0.146. The first kappa shape index (κ1) is 11.7. The summed E-state index contributed by atoms with van der Waals surface area (Å²) in [5, 5.41) is 11.6. The summed E-state index contributed by atoms with van der Waals surface area (Å²) >= 11 is 0.